The Hall–Kier alpha value is -1.72. The van der Waals surface area contributed by atoms with Crippen molar-refractivity contribution in [2.24, 2.45) is 5.73 Å². The molecule has 0 aromatic heterocycles. The van der Waals surface area contributed by atoms with E-state index < -0.39 is 11.7 Å². The van der Waals surface area contributed by atoms with Gasteiger partial charge in [-0.3, -0.25) is 0 Å². The molecule has 2 aromatic carbocycles. The first-order valence-corrected chi connectivity index (χ1v) is 6.57. The lowest BCUT2D eigenvalue weighted by atomic mass is 10.1. The fraction of sp³-hybridized carbons (Fsp3) is 0.250. The molecule has 0 bridgehead atoms. The zero-order valence-corrected chi connectivity index (χ0v) is 12.6. The lowest BCUT2D eigenvalue weighted by Gasteiger charge is -2.13. The van der Waals surface area contributed by atoms with E-state index in [2.05, 4.69) is 0 Å². The minimum Gasteiger partial charge on any atom is -0.489 e. The van der Waals surface area contributed by atoms with E-state index in [0.29, 0.717) is 12.3 Å². The van der Waals surface area contributed by atoms with E-state index in [1.165, 1.54) is 12.1 Å². The van der Waals surface area contributed by atoms with Crippen molar-refractivity contribution in [3.63, 3.8) is 0 Å². The van der Waals surface area contributed by atoms with Gasteiger partial charge in [0.25, 0.3) is 0 Å². The first-order chi connectivity index (χ1) is 10.0. The van der Waals surface area contributed by atoms with Crippen LogP contribution in [0.25, 0.3) is 0 Å². The SMILES string of the molecule is Cl.NCCc1ccc(OCc2ccccc2C(F)(F)F)cc1. The van der Waals surface area contributed by atoms with Gasteiger partial charge in [0.2, 0.25) is 0 Å². The first kappa shape index (κ1) is 18.3. The molecule has 2 aromatic rings. The quantitative estimate of drug-likeness (QED) is 0.891. The maximum absolute atomic E-state index is 12.8. The van der Waals surface area contributed by atoms with E-state index in [1.54, 1.807) is 18.2 Å². The Morgan fingerprint density at radius 2 is 1.59 bits per heavy atom. The zero-order valence-electron chi connectivity index (χ0n) is 11.8. The van der Waals surface area contributed by atoms with Gasteiger partial charge in [-0.1, -0.05) is 30.3 Å². The molecule has 0 amide bonds. The van der Waals surface area contributed by atoms with Crippen LogP contribution in [-0.4, -0.2) is 6.54 Å². The van der Waals surface area contributed by atoms with Crippen LogP contribution in [0.4, 0.5) is 13.2 Å². The van der Waals surface area contributed by atoms with Crippen molar-refractivity contribution >= 4 is 12.4 Å². The molecule has 120 valence electrons. The van der Waals surface area contributed by atoms with E-state index in [1.807, 2.05) is 12.1 Å². The van der Waals surface area contributed by atoms with Crippen molar-refractivity contribution in [1.82, 2.24) is 0 Å². The van der Waals surface area contributed by atoms with Gasteiger partial charge in [-0.05, 0) is 36.7 Å². The Morgan fingerprint density at radius 1 is 0.955 bits per heavy atom. The van der Waals surface area contributed by atoms with Crippen molar-refractivity contribution in [2.45, 2.75) is 19.2 Å². The van der Waals surface area contributed by atoms with E-state index in [9.17, 15) is 13.2 Å². The Labute approximate surface area is 133 Å². The Balaban J connectivity index is 0.00000242. The highest BCUT2D eigenvalue weighted by molar-refractivity contribution is 5.85. The van der Waals surface area contributed by atoms with Crippen LogP contribution in [0.2, 0.25) is 0 Å². The molecular weight excluding hydrogens is 315 g/mol. The van der Waals surface area contributed by atoms with Crippen molar-refractivity contribution in [2.75, 3.05) is 6.54 Å². The average molecular weight is 332 g/mol. The molecule has 0 saturated carbocycles. The molecule has 0 aliphatic rings. The van der Waals surface area contributed by atoms with Crippen molar-refractivity contribution in [3.8, 4) is 5.75 Å². The summed E-state index contributed by atoms with van der Waals surface area (Å²) in [5.41, 5.74) is 5.98. The third-order valence-electron chi connectivity index (χ3n) is 3.07. The molecular formula is C16H17ClF3NO. The molecule has 0 unspecified atom stereocenters. The third-order valence-corrected chi connectivity index (χ3v) is 3.07. The van der Waals surface area contributed by atoms with Crippen LogP contribution in [0, 0.1) is 0 Å². The highest BCUT2D eigenvalue weighted by Crippen LogP contribution is 2.32. The number of ether oxygens (including phenoxy) is 1. The van der Waals surface area contributed by atoms with Gasteiger partial charge in [0.05, 0.1) is 5.56 Å². The molecule has 0 heterocycles. The smallest absolute Gasteiger partial charge is 0.416 e. The number of nitrogens with two attached hydrogens (primary N) is 1. The van der Waals surface area contributed by atoms with Crippen LogP contribution in [-0.2, 0) is 19.2 Å². The molecule has 0 radical (unpaired) electrons. The largest absolute Gasteiger partial charge is 0.489 e. The summed E-state index contributed by atoms with van der Waals surface area (Å²) < 4.78 is 44.0. The Morgan fingerprint density at radius 3 is 2.18 bits per heavy atom. The summed E-state index contributed by atoms with van der Waals surface area (Å²) in [5, 5.41) is 0. The van der Waals surface area contributed by atoms with E-state index >= 15 is 0 Å². The fourth-order valence-corrected chi connectivity index (χ4v) is 2.00. The molecule has 0 fully saturated rings. The van der Waals surface area contributed by atoms with Gasteiger partial charge in [-0.15, -0.1) is 12.4 Å². The second-order valence-corrected chi connectivity index (χ2v) is 4.63. The summed E-state index contributed by atoms with van der Waals surface area (Å²) in [6.45, 7) is 0.436. The van der Waals surface area contributed by atoms with Gasteiger partial charge in [0.1, 0.15) is 12.4 Å². The summed E-state index contributed by atoms with van der Waals surface area (Å²) in [4.78, 5) is 0. The average Bonchev–Trinajstić information content (AvgIpc) is 2.46. The van der Waals surface area contributed by atoms with E-state index in [4.69, 9.17) is 10.5 Å². The maximum Gasteiger partial charge on any atom is 0.416 e. The Bertz CT molecular complexity index is 585. The van der Waals surface area contributed by atoms with Crippen LogP contribution in [0.15, 0.2) is 48.5 Å². The minimum atomic E-state index is -4.37. The number of halogens is 4. The van der Waals surface area contributed by atoms with Crippen LogP contribution >= 0.6 is 12.4 Å². The molecule has 2 rings (SSSR count). The normalized spacial score (nSPS) is 10.9. The first-order valence-electron chi connectivity index (χ1n) is 6.57. The van der Waals surface area contributed by atoms with Crippen molar-refractivity contribution in [1.29, 1.82) is 0 Å². The molecule has 2 nitrogen and oxygen atoms in total. The number of alkyl halides is 3. The van der Waals surface area contributed by atoms with Crippen LogP contribution < -0.4 is 10.5 Å². The lowest BCUT2D eigenvalue weighted by Crippen LogP contribution is -2.10. The van der Waals surface area contributed by atoms with Crippen LogP contribution in [0.3, 0.4) is 0 Å². The topological polar surface area (TPSA) is 35.2 Å². The summed E-state index contributed by atoms with van der Waals surface area (Å²) in [6.07, 6.45) is -3.61. The van der Waals surface area contributed by atoms with E-state index in [-0.39, 0.29) is 24.6 Å². The minimum absolute atomic E-state index is 0. The third kappa shape index (κ3) is 4.93. The van der Waals surface area contributed by atoms with Crippen molar-refractivity contribution in [3.05, 3.63) is 65.2 Å². The highest BCUT2D eigenvalue weighted by Gasteiger charge is 2.32. The second-order valence-electron chi connectivity index (χ2n) is 4.63. The summed E-state index contributed by atoms with van der Waals surface area (Å²) in [5.74, 6) is 0.535. The molecule has 6 heteroatoms. The molecule has 0 atom stereocenters. The zero-order chi connectivity index (χ0) is 15.3. The fourth-order valence-electron chi connectivity index (χ4n) is 2.00. The van der Waals surface area contributed by atoms with Gasteiger partial charge in [0.15, 0.2) is 0 Å². The molecule has 0 spiro atoms. The van der Waals surface area contributed by atoms with Crippen LogP contribution in [0.5, 0.6) is 5.75 Å². The maximum atomic E-state index is 12.8. The highest BCUT2D eigenvalue weighted by atomic mass is 35.5. The summed E-state index contributed by atoms with van der Waals surface area (Å²) >= 11 is 0. The van der Waals surface area contributed by atoms with Crippen LogP contribution in [0.1, 0.15) is 16.7 Å². The summed E-state index contributed by atoms with van der Waals surface area (Å²) in [7, 11) is 0. The monoisotopic (exact) mass is 331 g/mol. The second kappa shape index (κ2) is 8.06. The molecule has 22 heavy (non-hydrogen) atoms. The number of hydrogen-bond donors (Lipinski definition) is 1. The van der Waals surface area contributed by atoms with Gasteiger partial charge < -0.3 is 10.5 Å². The molecule has 0 aliphatic carbocycles. The molecule has 0 aliphatic heterocycles. The molecule has 2 N–H and O–H groups in total. The van der Waals surface area contributed by atoms with E-state index in [0.717, 1.165) is 18.1 Å². The van der Waals surface area contributed by atoms with Gasteiger partial charge >= 0.3 is 6.18 Å². The number of rotatable bonds is 5. The van der Waals surface area contributed by atoms with Gasteiger partial charge in [-0.2, -0.15) is 13.2 Å². The predicted octanol–water partition coefficient (Wildman–Crippen LogP) is 4.21. The van der Waals surface area contributed by atoms with Gasteiger partial charge in [-0.25, -0.2) is 0 Å². The van der Waals surface area contributed by atoms with Gasteiger partial charge in [0, 0.05) is 5.56 Å². The number of hydrogen-bond acceptors (Lipinski definition) is 2. The standard InChI is InChI=1S/C16H16F3NO.ClH/c17-16(18,19)15-4-2-1-3-13(15)11-21-14-7-5-12(6-8-14)9-10-20;/h1-8H,9-11,20H2;1H. The lowest BCUT2D eigenvalue weighted by molar-refractivity contribution is -0.138. The summed E-state index contributed by atoms with van der Waals surface area (Å²) in [6, 6.07) is 12.6. The predicted molar refractivity (Wildman–Crippen MR) is 82.2 cm³/mol. The number of benzene rings is 2. The van der Waals surface area contributed by atoms with Crippen molar-refractivity contribution < 1.29 is 17.9 Å². The Kier molecular flexibility index (Phi) is 6.71. The molecule has 0 saturated heterocycles.